The number of ketones is 1. The minimum Gasteiger partial charge on any atom is -0.399 e. The second-order valence-corrected chi connectivity index (χ2v) is 8.63. The lowest BCUT2D eigenvalue weighted by molar-refractivity contribution is 0.0732. The molecule has 0 fully saturated rings. The van der Waals surface area contributed by atoms with E-state index >= 15 is 0 Å². The van der Waals surface area contributed by atoms with Crippen LogP contribution in [0.25, 0.3) is 0 Å². The Morgan fingerprint density at radius 2 is 1.85 bits per heavy atom. The number of hydrogen-bond donors (Lipinski definition) is 1. The number of Topliss-reactive ketones (excluding diaryl/α,β-unsaturated/α-hetero) is 1. The van der Waals surface area contributed by atoms with Crippen molar-refractivity contribution >= 4 is 17.4 Å². The summed E-state index contributed by atoms with van der Waals surface area (Å²) in [7, 11) is 0. The maximum Gasteiger partial charge on any atom is 0.254 e. The van der Waals surface area contributed by atoms with Crippen molar-refractivity contribution in [3.05, 3.63) is 63.2 Å². The van der Waals surface area contributed by atoms with Gasteiger partial charge in [-0.05, 0) is 66.6 Å². The van der Waals surface area contributed by atoms with Gasteiger partial charge in [-0.2, -0.15) is 0 Å². The Bertz CT molecular complexity index is 988. The highest BCUT2D eigenvalue weighted by molar-refractivity contribution is 6.10. The van der Waals surface area contributed by atoms with Crippen molar-refractivity contribution in [2.45, 2.75) is 47.1 Å². The number of carbonyl (C=O) groups excluding carboxylic acids is 2. The molecule has 2 aromatic carbocycles. The molecule has 0 saturated carbocycles. The molecule has 0 atom stereocenters. The van der Waals surface area contributed by atoms with Crippen LogP contribution in [0.5, 0.6) is 0 Å². The molecular weight excluding hydrogens is 336 g/mol. The van der Waals surface area contributed by atoms with Crippen molar-refractivity contribution in [2.24, 2.45) is 5.41 Å². The standard InChI is InChI=1S/C23H26N2O2/c1-13-9-14(2)20(18-11-23(3,4)21(26)19(13)18)22(27)25-8-7-15-10-17(24)6-5-16(15)12-25/h5-6,9-10H,7-8,11-12,24H2,1-4H3. The third-order valence-electron chi connectivity index (χ3n) is 6.03. The van der Waals surface area contributed by atoms with Crippen molar-refractivity contribution in [2.75, 3.05) is 12.3 Å². The molecule has 2 aromatic rings. The van der Waals surface area contributed by atoms with Gasteiger partial charge in [0.05, 0.1) is 0 Å². The number of hydrogen-bond acceptors (Lipinski definition) is 3. The lowest BCUT2D eigenvalue weighted by Gasteiger charge is -2.30. The third-order valence-corrected chi connectivity index (χ3v) is 6.03. The number of carbonyl (C=O) groups is 2. The van der Waals surface area contributed by atoms with E-state index in [1.807, 2.05) is 56.9 Å². The number of amides is 1. The highest BCUT2D eigenvalue weighted by atomic mass is 16.2. The maximum atomic E-state index is 13.5. The molecule has 0 saturated heterocycles. The second-order valence-electron chi connectivity index (χ2n) is 8.63. The van der Waals surface area contributed by atoms with Gasteiger partial charge < -0.3 is 10.6 Å². The van der Waals surface area contributed by atoms with Gasteiger partial charge in [-0.25, -0.2) is 0 Å². The summed E-state index contributed by atoms with van der Waals surface area (Å²) in [5, 5.41) is 0. The van der Waals surface area contributed by atoms with Crippen LogP contribution in [0.15, 0.2) is 24.3 Å². The predicted octanol–water partition coefficient (Wildman–Crippen LogP) is 3.85. The van der Waals surface area contributed by atoms with Gasteiger partial charge in [0.1, 0.15) is 0 Å². The lowest BCUT2D eigenvalue weighted by Crippen LogP contribution is -2.37. The minimum atomic E-state index is -0.443. The molecule has 2 N–H and O–H groups in total. The first-order valence-electron chi connectivity index (χ1n) is 9.53. The molecule has 1 amide bonds. The van der Waals surface area contributed by atoms with Gasteiger partial charge in [0.25, 0.3) is 5.91 Å². The summed E-state index contributed by atoms with van der Waals surface area (Å²) >= 11 is 0. The fourth-order valence-corrected chi connectivity index (χ4v) is 4.63. The highest BCUT2D eigenvalue weighted by Crippen LogP contribution is 2.41. The number of aryl methyl sites for hydroxylation is 2. The topological polar surface area (TPSA) is 63.4 Å². The van der Waals surface area contributed by atoms with Crippen LogP contribution >= 0.6 is 0 Å². The van der Waals surface area contributed by atoms with Crippen LogP contribution in [0.1, 0.15) is 62.4 Å². The Hall–Kier alpha value is -2.62. The Morgan fingerprint density at radius 1 is 1.11 bits per heavy atom. The van der Waals surface area contributed by atoms with Gasteiger partial charge >= 0.3 is 0 Å². The molecule has 0 aromatic heterocycles. The summed E-state index contributed by atoms with van der Waals surface area (Å²) in [6, 6.07) is 7.91. The second kappa shape index (κ2) is 5.95. The van der Waals surface area contributed by atoms with E-state index in [0.717, 1.165) is 45.5 Å². The van der Waals surface area contributed by atoms with Gasteiger partial charge in [0, 0.05) is 35.3 Å². The first-order chi connectivity index (χ1) is 12.7. The van der Waals surface area contributed by atoms with Crippen molar-refractivity contribution in [1.82, 2.24) is 4.90 Å². The van der Waals surface area contributed by atoms with Crippen molar-refractivity contribution < 1.29 is 9.59 Å². The molecule has 4 rings (SSSR count). The average molecular weight is 362 g/mol. The van der Waals surface area contributed by atoms with Crippen LogP contribution in [0.2, 0.25) is 0 Å². The van der Waals surface area contributed by atoms with Crippen LogP contribution in [0, 0.1) is 19.3 Å². The third kappa shape index (κ3) is 2.75. The van der Waals surface area contributed by atoms with Crippen LogP contribution in [-0.2, 0) is 19.4 Å². The van der Waals surface area contributed by atoms with Gasteiger partial charge in [-0.3, -0.25) is 9.59 Å². The molecular formula is C23H26N2O2. The van der Waals surface area contributed by atoms with Crippen LogP contribution in [-0.4, -0.2) is 23.1 Å². The Labute approximate surface area is 160 Å². The number of nitrogens with zero attached hydrogens (tertiary/aromatic N) is 1. The summed E-state index contributed by atoms with van der Waals surface area (Å²) < 4.78 is 0. The fourth-order valence-electron chi connectivity index (χ4n) is 4.63. The number of benzene rings is 2. The molecule has 2 aliphatic rings. The monoisotopic (exact) mass is 362 g/mol. The predicted molar refractivity (Wildman–Crippen MR) is 107 cm³/mol. The van der Waals surface area contributed by atoms with E-state index in [1.54, 1.807) is 0 Å². The van der Waals surface area contributed by atoms with E-state index in [4.69, 9.17) is 5.73 Å². The van der Waals surface area contributed by atoms with E-state index < -0.39 is 5.41 Å². The summed E-state index contributed by atoms with van der Waals surface area (Å²) in [6.07, 6.45) is 1.44. The molecule has 0 bridgehead atoms. The van der Waals surface area contributed by atoms with E-state index in [1.165, 1.54) is 5.56 Å². The number of fused-ring (bicyclic) bond motifs is 2. The smallest absolute Gasteiger partial charge is 0.254 e. The van der Waals surface area contributed by atoms with E-state index in [0.29, 0.717) is 19.5 Å². The zero-order valence-corrected chi connectivity index (χ0v) is 16.5. The summed E-state index contributed by atoms with van der Waals surface area (Å²) in [5.74, 6) is 0.195. The summed E-state index contributed by atoms with van der Waals surface area (Å²) in [5.41, 5.74) is 13.0. The number of nitrogens with two attached hydrogens (primary N) is 1. The van der Waals surface area contributed by atoms with Crippen LogP contribution in [0.3, 0.4) is 0 Å². The van der Waals surface area contributed by atoms with E-state index in [-0.39, 0.29) is 11.7 Å². The van der Waals surface area contributed by atoms with Gasteiger partial charge in [0.15, 0.2) is 5.78 Å². The van der Waals surface area contributed by atoms with Crippen molar-refractivity contribution in [3.8, 4) is 0 Å². The minimum absolute atomic E-state index is 0.0386. The molecule has 0 spiro atoms. The number of rotatable bonds is 1. The SMILES string of the molecule is Cc1cc(C)c2c(c1C(=O)N1CCc3cc(N)ccc3C1)CC(C)(C)C2=O. The fraction of sp³-hybridized carbons (Fsp3) is 0.391. The van der Waals surface area contributed by atoms with Gasteiger partial charge in [-0.15, -0.1) is 0 Å². The van der Waals surface area contributed by atoms with Crippen molar-refractivity contribution in [1.29, 1.82) is 0 Å². The quantitative estimate of drug-likeness (QED) is 0.784. The Balaban J connectivity index is 1.74. The first kappa shape index (κ1) is 17.8. The van der Waals surface area contributed by atoms with Crippen LogP contribution < -0.4 is 5.73 Å². The number of nitrogen functional groups attached to an aromatic ring is 1. The highest BCUT2D eigenvalue weighted by Gasteiger charge is 2.41. The molecule has 27 heavy (non-hydrogen) atoms. The summed E-state index contributed by atoms with van der Waals surface area (Å²) in [6.45, 7) is 9.16. The molecule has 0 radical (unpaired) electrons. The maximum absolute atomic E-state index is 13.5. The number of anilines is 1. The molecule has 1 aliphatic carbocycles. The molecule has 4 heteroatoms. The van der Waals surface area contributed by atoms with E-state index in [9.17, 15) is 9.59 Å². The zero-order valence-electron chi connectivity index (χ0n) is 16.5. The zero-order chi connectivity index (χ0) is 19.5. The molecule has 0 unspecified atom stereocenters. The normalized spacial score (nSPS) is 17.6. The van der Waals surface area contributed by atoms with Gasteiger partial charge in [0.2, 0.25) is 0 Å². The Morgan fingerprint density at radius 3 is 2.59 bits per heavy atom. The first-order valence-corrected chi connectivity index (χ1v) is 9.53. The molecule has 140 valence electrons. The molecule has 4 nitrogen and oxygen atoms in total. The lowest BCUT2D eigenvalue weighted by atomic mass is 9.88. The van der Waals surface area contributed by atoms with E-state index in [2.05, 4.69) is 0 Å². The molecule has 1 aliphatic heterocycles. The van der Waals surface area contributed by atoms with Crippen molar-refractivity contribution in [3.63, 3.8) is 0 Å². The van der Waals surface area contributed by atoms with Crippen LogP contribution in [0.4, 0.5) is 5.69 Å². The molecule has 1 heterocycles. The van der Waals surface area contributed by atoms with Gasteiger partial charge in [-0.1, -0.05) is 26.0 Å². The largest absolute Gasteiger partial charge is 0.399 e. The Kier molecular flexibility index (Phi) is 3.91. The summed E-state index contributed by atoms with van der Waals surface area (Å²) in [4.78, 5) is 28.2. The average Bonchev–Trinajstić information content (AvgIpc) is 2.83.